The molecule has 2 aromatic carbocycles. The fourth-order valence-electron chi connectivity index (χ4n) is 3.80. The average Bonchev–Trinajstić information content (AvgIpc) is 2.73. The summed E-state index contributed by atoms with van der Waals surface area (Å²) in [5, 5.41) is 3.23. The molecule has 5 nitrogen and oxygen atoms in total. The molecule has 3 aromatic rings. The lowest BCUT2D eigenvalue weighted by Crippen LogP contribution is -2.56. The molecule has 162 valence electrons. The smallest absolute Gasteiger partial charge is 0.364 e. The third kappa shape index (κ3) is 4.67. The van der Waals surface area contributed by atoms with Crippen LogP contribution in [-0.4, -0.2) is 47.6 Å². The van der Waals surface area contributed by atoms with Crippen LogP contribution in [-0.2, 0) is 6.54 Å². The lowest BCUT2D eigenvalue weighted by atomic mass is 9.98. The maximum absolute atomic E-state index is 13.3. The van der Waals surface area contributed by atoms with Crippen molar-refractivity contribution in [2.75, 3.05) is 19.6 Å². The number of halogens is 4. The lowest BCUT2D eigenvalue weighted by Gasteiger charge is -2.34. The summed E-state index contributed by atoms with van der Waals surface area (Å²) < 4.78 is 52.5. The second-order valence-corrected chi connectivity index (χ2v) is 7.56. The molecule has 0 aliphatic carbocycles. The molecule has 3 N–H and O–H groups in total. The Kier molecular flexibility index (Phi) is 5.63. The van der Waals surface area contributed by atoms with Gasteiger partial charge in [-0.3, -0.25) is 9.69 Å². The largest absolute Gasteiger partial charge is 0.405 e. The zero-order valence-electron chi connectivity index (χ0n) is 16.4. The molecule has 1 fully saturated rings. The van der Waals surface area contributed by atoms with E-state index in [1.165, 1.54) is 12.1 Å². The van der Waals surface area contributed by atoms with Crippen molar-refractivity contribution < 1.29 is 22.4 Å². The van der Waals surface area contributed by atoms with E-state index in [0.29, 0.717) is 29.7 Å². The van der Waals surface area contributed by atoms with Gasteiger partial charge in [-0.25, -0.2) is 9.37 Å². The van der Waals surface area contributed by atoms with E-state index >= 15 is 0 Å². The molecule has 0 bridgehead atoms. The number of carbonyl (C=O) groups excluding carboxylic acids is 1. The van der Waals surface area contributed by atoms with Crippen LogP contribution >= 0.6 is 0 Å². The van der Waals surface area contributed by atoms with E-state index in [1.54, 1.807) is 29.2 Å². The van der Waals surface area contributed by atoms with Gasteiger partial charge in [0, 0.05) is 31.6 Å². The van der Waals surface area contributed by atoms with Gasteiger partial charge in [-0.2, -0.15) is 13.2 Å². The molecule has 1 saturated heterocycles. The normalized spacial score (nSPS) is 17.7. The molecular weight excluding hydrogens is 412 g/mol. The van der Waals surface area contributed by atoms with Gasteiger partial charge < -0.3 is 11.1 Å². The van der Waals surface area contributed by atoms with Gasteiger partial charge in [-0.15, -0.1) is 0 Å². The number of hydrogen-bond donors (Lipinski definition) is 2. The van der Waals surface area contributed by atoms with Crippen LogP contribution in [0.2, 0.25) is 0 Å². The fourth-order valence-corrected chi connectivity index (χ4v) is 3.80. The van der Waals surface area contributed by atoms with E-state index in [4.69, 9.17) is 5.73 Å². The first-order chi connectivity index (χ1) is 14.7. The molecule has 1 unspecified atom stereocenters. The molecule has 1 aromatic heterocycles. The summed E-state index contributed by atoms with van der Waals surface area (Å²) in [4.78, 5) is 17.8. The Morgan fingerprint density at radius 3 is 2.58 bits per heavy atom. The number of rotatable bonds is 4. The predicted molar refractivity (Wildman–Crippen MR) is 109 cm³/mol. The number of piperazine rings is 1. The number of nitrogens with one attached hydrogen (secondary N) is 1. The van der Waals surface area contributed by atoms with Crippen LogP contribution < -0.4 is 11.1 Å². The molecule has 0 radical (unpaired) electrons. The molecule has 31 heavy (non-hydrogen) atoms. The summed E-state index contributed by atoms with van der Waals surface area (Å²) in [5.74, 6) is -1.08. The number of pyridine rings is 1. The van der Waals surface area contributed by atoms with Gasteiger partial charge in [0.2, 0.25) is 0 Å². The molecule has 1 amide bonds. The lowest BCUT2D eigenvalue weighted by molar-refractivity contribution is -0.165. The molecule has 9 heteroatoms. The van der Waals surface area contributed by atoms with E-state index in [2.05, 4.69) is 10.3 Å². The summed E-state index contributed by atoms with van der Waals surface area (Å²) in [6, 6.07) is 11.2. The minimum absolute atomic E-state index is 0.0586. The standard InChI is InChI=1S/C22H20F4N4O/c23-15-4-2-14(3-5-15)17-10-19(21(27)31)29-18-9-13(1-6-16(17)18)11-30-8-7-28-20(12-30)22(24,25)26/h1-6,9-10,20,28H,7-8,11-12H2,(H2,27,31). The number of fused-ring (bicyclic) bond motifs is 1. The van der Waals surface area contributed by atoms with Crippen molar-refractivity contribution >= 4 is 16.8 Å². The summed E-state index contributed by atoms with van der Waals surface area (Å²) in [7, 11) is 0. The third-order valence-corrected chi connectivity index (χ3v) is 5.34. The number of amides is 1. The Hall–Kier alpha value is -3.04. The molecule has 4 rings (SSSR count). The molecule has 2 heterocycles. The predicted octanol–water partition coefficient (Wildman–Crippen LogP) is 3.48. The highest BCUT2D eigenvalue weighted by Gasteiger charge is 2.41. The Labute approximate surface area is 175 Å². The van der Waals surface area contributed by atoms with Crippen LogP contribution in [0.25, 0.3) is 22.0 Å². The van der Waals surface area contributed by atoms with E-state index in [1.807, 2.05) is 12.1 Å². The minimum Gasteiger partial charge on any atom is -0.364 e. The SMILES string of the molecule is NC(=O)c1cc(-c2ccc(F)cc2)c2ccc(CN3CCNC(C(F)(F)F)C3)cc2n1. The van der Waals surface area contributed by atoms with Crippen molar-refractivity contribution in [2.24, 2.45) is 5.73 Å². The number of nitrogens with zero attached hydrogens (tertiary/aromatic N) is 2. The number of alkyl halides is 3. The van der Waals surface area contributed by atoms with Crippen LogP contribution in [0.1, 0.15) is 16.1 Å². The second-order valence-electron chi connectivity index (χ2n) is 7.56. The van der Waals surface area contributed by atoms with Crippen LogP contribution in [0.3, 0.4) is 0 Å². The van der Waals surface area contributed by atoms with Crippen molar-refractivity contribution in [3.05, 3.63) is 65.6 Å². The van der Waals surface area contributed by atoms with Crippen LogP contribution in [0.15, 0.2) is 48.5 Å². The first-order valence-corrected chi connectivity index (χ1v) is 9.72. The number of benzene rings is 2. The van der Waals surface area contributed by atoms with Gasteiger partial charge in [0.05, 0.1) is 5.52 Å². The Morgan fingerprint density at radius 1 is 1.16 bits per heavy atom. The highest BCUT2D eigenvalue weighted by atomic mass is 19.4. The Morgan fingerprint density at radius 2 is 1.90 bits per heavy atom. The monoisotopic (exact) mass is 432 g/mol. The van der Waals surface area contributed by atoms with E-state index in [-0.39, 0.29) is 24.6 Å². The van der Waals surface area contributed by atoms with E-state index < -0.39 is 18.1 Å². The first kappa shape index (κ1) is 21.2. The topological polar surface area (TPSA) is 71.2 Å². The highest BCUT2D eigenvalue weighted by Crippen LogP contribution is 2.30. The van der Waals surface area contributed by atoms with Gasteiger partial charge in [-0.1, -0.05) is 24.3 Å². The van der Waals surface area contributed by atoms with Crippen molar-refractivity contribution in [1.82, 2.24) is 15.2 Å². The van der Waals surface area contributed by atoms with Crippen molar-refractivity contribution in [3.8, 4) is 11.1 Å². The molecule has 1 aliphatic heterocycles. The molecule has 1 atom stereocenters. The van der Waals surface area contributed by atoms with Crippen LogP contribution in [0.5, 0.6) is 0 Å². The molecule has 1 aliphatic rings. The minimum atomic E-state index is -4.30. The van der Waals surface area contributed by atoms with Crippen LogP contribution in [0, 0.1) is 5.82 Å². The second kappa shape index (κ2) is 8.24. The molecule has 0 spiro atoms. The number of primary amides is 1. The maximum Gasteiger partial charge on any atom is 0.405 e. The Balaban J connectivity index is 1.68. The quantitative estimate of drug-likeness (QED) is 0.620. The first-order valence-electron chi connectivity index (χ1n) is 9.72. The third-order valence-electron chi connectivity index (χ3n) is 5.34. The molecule has 0 saturated carbocycles. The average molecular weight is 432 g/mol. The summed E-state index contributed by atoms with van der Waals surface area (Å²) in [5.41, 5.74) is 8.13. The number of aromatic nitrogens is 1. The fraction of sp³-hybridized carbons (Fsp3) is 0.273. The van der Waals surface area contributed by atoms with Gasteiger partial charge in [0.15, 0.2) is 0 Å². The van der Waals surface area contributed by atoms with Gasteiger partial charge in [0.25, 0.3) is 5.91 Å². The van der Waals surface area contributed by atoms with Crippen molar-refractivity contribution in [3.63, 3.8) is 0 Å². The molecular formula is C22H20F4N4O. The number of carbonyl (C=O) groups is 1. The summed E-state index contributed by atoms with van der Waals surface area (Å²) in [6.07, 6.45) is -4.30. The summed E-state index contributed by atoms with van der Waals surface area (Å²) in [6.45, 7) is 0.909. The highest BCUT2D eigenvalue weighted by molar-refractivity contribution is 6.00. The van der Waals surface area contributed by atoms with E-state index in [9.17, 15) is 22.4 Å². The number of hydrogen-bond acceptors (Lipinski definition) is 4. The summed E-state index contributed by atoms with van der Waals surface area (Å²) >= 11 is 0. The zero-order valence-corrected chi connectivity index (χ0v) is 16.4. The van der Waals surface area contributed by atoms with Crippen molar-refractivity contribution in [2.45, 2.75) is 18.8 Å². The van der Waals surface area contributed by atoms with E-state index in [0.717, 1.165) is 10.9 Å². The Bertz CT molecular complexity index is 1110. The zero-order chi connectivity index (χ0) is 22.2. The van der Waals surface area contributed by atoms with Gasteiger partial charge in [-0.05, 0) is 41.0 Å². The number of nitrogens with two attached hydrogens (primary N) is 1. The van der Waals surface area contributed by atoms with Crippen LogP contribution in [0.4, 0.5) is 17.6 Å². The van der Waals surface area contributed by atoms with Gasteiger partial charge in [0.1, 0.15) is 17.6 Å². The van der Waals surface area contributed by atoms with Crippen molar-refractivity contribution in [1.29, 1.82) is 0 Å². The van der Waals surface area contributed by atoms with Gasteiger partial charge >= 0.3 is 6.18 Å². The maximum atomic E-state index is 13.3.